The molecule has 128 valence electrons. The van der Waals surface area contributed by atoms with Gasteiger partial charge in [-0.1, -0.05) is 18.2 Å². The van der Waals surface area contributed by atoms with Gasteiger partial charge in [-0.15, -0.1) is 5.11 Å². The van der Waals surface area contributed by atoms with Crippen molar-refractivity contribution in [2.75, 3.05) is 5.73 Å². The second-order valence-electron chi connectivity index (χ2n) is 5.57. The van der Waals surface area contributed by atoms with Crippen molar-refractivity contribution in [1.29, 1.82) is 0 Å². The third-order valence-electron chi connectivity index (χ3n) is 3.78. The van der Waals surface area contributed by atoms with E-state index in [1.807, 2.05) is 0 Å². The number of aryl methyl sites for hydroxylation is 1. The highest BCUT2D eigenvalue weighted by Crippen LogP contribution is 2.37. The molecule has 0 radical (unpaired) electrons. The maximum atomic E-state index is 11.6. The van der Waals surface area contributed by atoms with Crippen molar-refractivity contribution in [3.63, 3.8) is 0 Å². The van der Waals surface area contributed by atoms with Crippen LogP contribution in [-0.4, -0.2) is 13.5 Å². The number of phenols is 1. The largest absolute Gasteiger partial charge is 0.507 e. The first-order valence-electron chi connectivity index (χ1n) is 7.33. The minimum Gasteiger partial charge on any atom is -0.507 e. The lowest BCUT2D eigenvalue weighted by molar-refractivity contribution is 0.482. The van der Waals surface area contributed by atoms with Crippen LogP contribution in [0.3, 0.4) is 0 Å². The number of primary sulfonamides is 1. The fraction of sp³-hybridized carbons (Fsp3) is 0.0588. The minimum absolute atomic E-state index is 0.00559. The van der Waals surface area contributed by atoms with Crippen molar-refractivity contribution in [3.05, 3.63) is 54.1 Å². The summed E-state index contributed by atoms with van der Waals surface area (Å²) in [6.45, 7) is 1.65. The highest BCUT2D eigenvalue weighted by molar-refractivity contribution is 7.89. The lowest BCUT2D eigenvalue weighted by Crippen LogP contribution is -2.13. The van der Waals surface area contributed by atoms with Crippen molar-refractivity contribution >= 4 is 37.9 Å². The zero-order valence-electron chi connectivity index (χ0n) is 13.3. The number of sulfonamides is 1. The van der Waals surface area contributed by atoms with E-state index in [-0.39, 0.29) is 10.6 Å². The standard InChI is InChI=1S/C17H16N4O3S/c1-10-5-6-11(9-16(10)25(19,23)24)20-21-14-8-7-13(18)12-3-2-4-15(22)17(12)14/h2-9,22H,18H2,1H3,(H2,19,23,24). The summed E-state index contributed by atoms with van der Waals surface area (Å²) in [6.07, 6.45) is 0. The minimum atomic E-state index is -3.84. The van der Waals surface area contributed by atoms with Gasteiger partial charge in [0.1, 0.15) is 5.75 Å². The number of phenolic OH excluding ortho intramolecular Hbond substituents is 1. The fourth-order valence-corrected chi connectivity index (χ4v) is 3.35. The first kappa shape index (κ1) is 16.9. The Morgan fingerprint density at radius 2 is 1.80 bits per heavy atom. The lowest BCUT2D eigenvalue weighted by atomic mass is 10.1. The van der Waals surface area contributed by atoms with E-state index >= 15 is 0 Å². The molecule has 0 aliphatic heterocycles. The Labute approximate surface area is 144 Å². The van der Waals surface area contributed by atoms with Crippen molar-refractivity contribution in [2.24, 2.45) is 15.4 Å². The van der Waals surface area contributed by atoms with Crippen LogP contribution >= 0.6 is 0 Å². The topological polar surface area (TPSA) is 131 Å². The van der Waals surface area contributed by atoms with E-state index in [1.54, 1.807) is 43.3 Å². The van der Waals surface area contributed by atoms with Gasteiger partial charge in [0.05, 0.1) is 21.7 Å². The van der Waals surface area contributed by atoms with Gasteiger partial charge in [0, 0.05) is 11.1 Å². The molecule has 25 heavy (non-hydrogen) atoms. The number of nitrogens with two attached hydrogens (primary N) is 2. The molecule has 0 bridgehead atoms. The second-order valence-corrected chi connectivity index (χ2v) is 7.10. The van der Waals surface area contributed by atoms with Crippen molar-refractivity contribution < 1.29 is 13.5 Å². The van der Waals surface area contributed by atoms with E-state index in [0.29, 0.717) is 33.4 Å². The van der Waals surface area contributed by atoms with E-state index in [9.17, 15) is 13.5 Å². The zero-order valence-corrected chi connectivity index (χ0v) is 14.2. The Balaban J connectivity index is 2.10. The summed E-state index contributed by atoms with van der Waals surface area (Å²) in [5.74, 6) is 0.0351. The van der Waals surface area contributed by atoms with Crippen LogP contribution in [-0.2, 0) is 10.0 Å². The van der Waals surface area contributed by atoms with E-state index in [2.05, 4.69) is 10.2 Å². The van der Waals surface area contributed by atoms with Crippen LogP contribution in [0.15, 0.2) is 63.7 Å². The quantitative estimate of drug-likeness (QED) is 0.489. The molecule has 7 nitrogen and oxygen atoms in total. The molecule has 0 atom stereocenters. The Hall–Kier alpha value is -2.97. The average molecular weight is 356 g/mol. The lowest BCUT2D eigenvalue weighted by Gasteiger charge is -2.07. The third-order valence-corrected chi connectivity index (χ3v) is 4.83. The molecular formula is C17H16N4O3S. The SMILES string of the molecule is Cc1ccc(N=Nc2ccc(N)c3cccc(O)c23)cc1S(N)(=O)=O. The third kappa shape index (κ3) is 3.30. The van der Waals surface area contributed by atoms with Gasteiger partial charge < -0.3 is 10.8 Å². The summed E-state index contributed by atoms with van der Waals surface area (Å²) in [7, 11) is -3.84. The molecule has 0 saturated heterocycles. The molecule has 0 saturated carbocycles. The van der Waals surface area contributed by atoms with E-state index < -0.39 is 10.0 Å². The number of hydrogen-bond acceptors (Lipinski definition) is 6. The first-order valence-corrected chi connectivity index (χ1v) is 8.87. The molecule has 0 spiro atoms. The number of hydrogen-bond donors (Lipinski definition) is 3. The number of benzene rings is 3. The summed E-state index contributed by atoms with van der Waals surface area (Å²) >= 11 is 0. The fourth-order valence-electron chi connectivity index (χ4n) is 2.54. The van der Waals surface area contributed by atoms with Crippen LogP contribution in [0, 0.1) is 6.92 Å². The molecule has 0 unspecified atom stereocenters. The Bertz CT molecular complexity index is 1110. The first-order chi connectivity index (χ1) is 11.8. The summed E-state index contributed by atoms with van der Waals surface area (Å²) in [5, 5.41) is 24.6. The Morgan fingerprint density at radius 3 is 2.52 bits per heavy atom. The number of nitrogens with zero attached hydrogens (tertiary/aromatic N) is 2. The van der Waals surface area contributed by atoms with E-state index in [1.165, 1.54) is 12.1 Å². The highest BCUT2D eigenvalue weighted by Gasteiger charge is 2.12. The molecule has 3 aromatic carbocycles. The molecule has 0 amide bonds. The molecule has 3 rings (SSSR count). The number of fused-ring (bicyclic) bond motifs is 1. The summed E-state index contributed by atoms with van der Waals surface area (Å²) < 4.78 is 23.2. The van der Waals surface area contributed by atoms with Gasteiger partial charge in [-0.2, -0.15) is 5.11 Å². The van der Waals surface area contributed by atoms with Gasteiger partial charge in [-0.3, -0.25) is 0 Å². The molecule has 5 N–H and O–H groups in total. The van der Waals surface area contributed by atoms with Gasteiger partial charge >= 0.3 is 0 Å². The highest BCUT2D eigenvalue weighted by atomic mass is 32.2. The molecule has 0 aliphatic rings. The van der Waals surface area contributed by atoms with Crippen molar-refractivity contribution in [1.82, 2.24) is 0 Å². The van der Waals surface area contributed by atoms with Crippen LogP contribution in [0.4, 0.5) is 17.1 Å². The summed E-state index contributed by atoms with van der Waals surface area (Å²) in [6, 6.07) is 12.9. The Kier molecular flexibility index (Phi) is 4.15. The van der Waals surface area contributed by atoms with Gasteiger partial charge in [-0.05, 0) is 42.8 Å². The van der Waals surface area contributed by atoms with Gasteiger partial charge in [0.2, 0.25) is 10.0 Å². The second kappa shape index (κ2) is 6.15. The van der Waals surface area contributed by atoms with E-state index in [0.717, 1.165) is 0 Å². The summed E-state index contributed by atoms with van der Waals surface area (Å²) in [5.41, 5.74) is 7.70. The van der Waals surface area contributed by atoms with Crippen LogP contribution in [0.25, 0.3) is 10.8 Å². The molecule has 0 heterocycles. The summed E-state index contributed by atoms with van der Waals surface area (Å²) in [4.78, 5) is -0.00559. The molecule has 0 aromatic heterocycles. The van der Waals surface area contributed by atoms with Crippen molar-refractivity contribution in [2.45, 2.75) is 11.8 Å². The molecule has 0 aliphatic carbocycles. The predicted molar refractivity (Wildman–Crippen MR) is 96.8 cm³/mol. The van der Waals surface area contributed by atoms with Gasteiger partial charge in [0.15, 0.2) is 0 Å². The monoisotopic (exact) mass is 356 g/mol. The maximum absolute atomic E-state index is 11.6. The average Bonchev–Trinajstić information content (AvgIpc) is 2.55. The van der Waals surface area contributed by atoms with Crippen LogP contribution in [0.2, 0.25) is 0 Å². The Morgan fingerprint density at radius 1 is 1.04 bits per heavy atom. The normalized spacial score (nSPS) is 12.1. The zero-order chi connectivity index (χ0) is 18.2. The molecule has 0 fully saturated rings. The smallest absolute Gasteiger partial charge is 0.238 e. The number of anilines is 1. The van der Waals surface area contributed by atoms with Crippen LogP contribution in [0.5, 0.6) is 5.75 Å². The molecular weight excluding hydrogens is 340 g/mol. The number of aromatic hydroxyl groups is 1. The molecule has 8 heteroatoms. The molecule has 3 aromatic rings. The van der Waals surface area contributed by atoms with E-state index in [4.69, 9.17) is 10.9 Å². The van der Waals surface area contributed by atoms with Crippen LogP contribution in [0.1, 0.15) is 5.56 Å². The van der Waals surface area contributed by atoms with Gasteiger partial charge in [-0.25, -0.2) is 13.6 Å². The number of azo groups is 1. The number of rotatable bonds is 3. The van der Waals surface area contributed by atoms with Crippen molar-refractivity contribution in [3.8, 4) is 5.75 Å². The van der Waals surface area contributed by atoms with Crippen LogP contribution < -0.4 is 10.9 Å². The number of nitrogen functional groups attached to an aromatic ring is 1. The maximum Gasteiger partial charge on any atom is 0.238 e. The predicted octanol–water partition coefficient (Wildman–Crippen LogP) is 3.50. The van der Waals surface area contributed by atoms with Gasteiger partial charge in [0.25, 0.3) is 0 Å².